The van der Waals surface area contributed by atoms with Gasteiger partial charge in [0.25, 0.3) is 5.56 Å². The van der Waals surface area contributed by atoms with Crippen LogP contribution < -0.4 is 5.56 Å². The number of fused-ring (bicyclic) bond motifs is 1. The Labute approximate surface area is 142 Å². The number of carbonyl (C=O) groups excluding carboxylic acids is 1. The van der Waals surface area contributed by atoms with Crippen molar-refractivity contribution in [1.82, 2.24) is 14.5 Å². The molecule has 2 aromatic rings. The number of amides is 1. The monoisotopic (exact) mass is 327 g/mol. The number of aromatic nitrogens is 2. The number of rotatable bonds is 4. The van der Waals surface area contributed by atoms with E-state index in [2.05, 4.69) is 4.98 Å². The van der Waals surface area contributed by atoms with Crippen molar-refractivity contribution in [3.63, 3.8) is 0 Å². The highest BCUT2D eigenvalue weighted by Crippen LogP contribution is 2.24. The Balaban J connectivity index is 1.73. The molecule has 0 N–H and O–H groups in total. The van der Waals surface area contributed by atoms with Crippen molar-refractivity contribution < 1.29 is 4.79 Å². The fourth-order valence-corrected chi connectivity index (χ4v) is 3.58. The number of benzene rings is 1. The van der Waals surface area contributed by atoms with Gasteiger partial charge in [0.2, 0.25) is 5.91 Å². The first-order chi connectivity index (χ1) is 11.6. The van der Waals surface area contributed by atoms with E-state index in [1.54, 1.807) is 11.0 Å². The van der Waals surface area contributed by atoms with Crippen LogP contribution in [0.1, 0.15) is 37.7 Å². The molecule has 1 heterocycles. The van der Waals surface area contributed by atoms with Crippen molar-refractivity contribution in [2.75, 3.05) is 13.6 Å². The lowest BCUT2D eigenvalue weighted by Crippen LogP contribution is -2.37. The lowest BCUT2D eigenvalue weighted by Gasteiger charge is -2.27. The molecule has 3 rings (SSSR count). The lowest BCUT2D eigenvalue weighted by atomic mass is 9.89. The van der Waals surface area contributed by atoms with E-state index >= 15 is 0 Å². The number of hydrogen-bond acceptors (Lipinski definition) is 3. The molecule has 1 saturated carbocycles. The summed E-state index contributed by atoms with van der Waals surface area (Å²) in [6.45, 7) is 2.77. The SMILES string of the molecule is Cc1cccc2c(=O)n(CC(=O)N(C)CC3CCCCC3)cnc12. The molecule has 0 aliphatic heterocycles. The van der Waals surface area contributed by atoms with Crippen LogP contribution in [0.2, 0.25) is 0 Å². The summed E-state index contributed by atoms with van der Waals surface area (Å²) in [4.78, 5) is 31.2. The molecule has 0 spiro atoms. The average molecular weight is 327 g/mol. The van der Waals surface area contributed by atoms with E-state index in [1.165, 1.54) is 43.0 Å². The van der Waals surface area contributed by atoms with Crippen LogP contribution in [0.25, 0.3) is 10.9 Å². The van der Waals surface area contributed by atoms with Gasteiger partial charge in [0.05, 0.1) is 17.2 Å². The highest BCUT2D eigenvalue weighted by atomic mass is 16.2. The molecule has 1 aromatic carbocycles. The van der Waals surface area contributed by atoms with Crippen LogP contribution in [0.15, 0.2) is 29.3 Å². The molecule has 1 aliphatic rings. The van der Waals surface area contributed by atoms with E-state index in [0.29, 0.717) is 16.8 Å². The minimum Gasteiger partial charge on any atom is -0.344 e. The second-order valence-corrected chi connectivity index (χ2v) is 6.93. The Morgan fingerprint density at radius 1 is 1.29 bits per heavy atom. The van der Waals surface area contributed by atoms with E-state index in [9.17, 15) is 9.59 Å². The van der Waals surface area contributed by atoms with Gasteiger partial charge in [-0.3, -0.25) is 14.2 Å². The number of nitrogens with zero attached hydrogens (tertiary/aromatic N) is 3. The Hall–Kier alpha value is -2.17. The maximum absolute atomic E-state index is 12.6. The number of likely N-dealkylation sites (N-methyl/N-ethyl adjacent to an activating group) is 1. The van der Waals surface area contributed by atoms with E-state index in [-0.39, 0.29) is 18.0 Å². The zero-order chi connectivity index (χ0) is 17.1. The smallest absolute Gasteiger partial charge is 0.261 e. The standard InChI is InChI=1S/C19H25N3O2/c1-14-7-6-10-16-18(14)20-13-22(19(16)24)12-17(23)21(2)11-15-8-4-3-5-9-15/h6-7,10,13,15H,3-5,8-9,11-12H2,1-2H3. The number of aryl methyl sites for hydroxylation is 1. The van der Waals surface area contributed by atoms with Gasteiger partial charge in [0.15, 0.2) is 0 Å². The Morgan fingerprint density at radius 2 is 2.04 bits per heavy atom. The van der Waals surface area contributed by atoms with Crippen molar-refractivity contribution in [3.8, 4) is 0 Å². The van der Waals surface area contributed by atoms with Gasteiger partial charge in [0, 0.05) is 13.6 Å². The molecule has 1 fully saturated rings. The third-order valence-electron chi connectivity index (χ3n) is 5.04. The average Bonchev–Trinajstić information content (AvgIpc) is 2.59. The summed E-state index contributed by atoms with van der Waals surface area (Å²) >= 11 is 0. The molecule has 1 aliphatic carbocycles. The predicted octanol–water partition coefficient (Wildman–Crippen LogP) is 2.74. The van der Waals surface area contributed by atoms with Crippen LogP contribution in [-0.4, -0.2) is 34.0 Å². The topological polar surface area (TPSA) is 55.2 Å². The van der Waals surface area contributed by atoms with Crippen molar-refractivity contribution in [1.29, 1.82) is 0 Å². The van der Waals surface area contributed by atoms with Gasteiger partial charge in [-0.05, 0) is 37.3 Å². The second kappa shape index (κ2) is 7.16. The van der Waals surface area contributed by atoms with E-state index in [1.807, 2.05) is 26.1 Å². The molecule has 1 aromatic heterocycles. The van der Waals surface area contributed by atoms with Crippen molar-refractivity contribution in [3.05, 3.63) is 40.4 Å². The molecule has 0 atom stereocenters. The van der Waals surface area contributed by atoms with Gasteiger partial charge >= 0.3 is 0 Å². The summed E-state index contributed by atoms with van der Waals surface area (Å²) in [5.74, 6) is 0.568. The number of carbonyl (C=O) groups is 1. The van der Waals surface area contributed by atoms with Crippen LogP contribution >= 0.6 is 0 Å². The lowest BCUT2D eigenvalue weighted by molar-refractivity contribution is -0.131. The fraction of sp³-hybridized carbons (Fsp3) is 0.526. The Morgan fingerprint density at radius 3 is 2.79 bits per heavy atom. The third kappa shape index (κ3) is 3.50. The van der Waals surface area contributed by atoms with Crippen LogP contribution in [0, 0.1) is 12.8 Å². The summed E-state index contributed by atoms with van der Waals surface area (Å²) in [5.41, 5.74) is 1.53. The highest BCUT2D eigenvalue weighted by Gasteiger charge is 2.19. The van der Waals surface area contributed by atoms with E-state index < -0.39 is 0 Å². The highest BCUT2D eigenvalue weighted by molar-refractivity contribution is 5.81. The van der Waals surface area contributed by atoms with Crippen molar-refractivity contribution >= 4 is 16.8 Å². The summed E-state index contributed by atoms with van der Waals surface area (Å²) in [6.07, 6.45) is 7.73. The van der Waals surface area contributed by atoms with Gasteiger partial charge in [-0.15, -0.1) is 0 Å². The zero-order valence-electron chi connectivity index (χ0n) is 14.5. The molecule has 0 bridgehead atoms. The first kappa shape index (κ1) is 16.7. The second-order valence-electron chi connectivity index (χ2n) is 6.93. The summed E-state index contributed by atoms with van der Waals surface area (Å²) in [7, 11) is 1.83. The molecule has 0 unspecified atom stereocenters. The van der Waals surface area contributed by atoms with Crippen LogP contribution in [0.4, 0.5) is 0 Å². The molecule has 24 heavy (non-hydrogen) atoms. The van der Waals surface area contributed by atoms with E-state index in [4.69, 9.17) is 0 Å². The molecule has 0 saturated heterocycles. The first-order valence-corrected chi connectivity index (χ1v) is 8.75. The largest absolute Gasteiger partial charge is 0.344 e. The van der Waals surface area contributed by atoms with Crippen molar-refractivity contribution in [2.24, 2.45) is 5.92 Å². The van der Waals surface area contributed by atoms with Gasteiger partial charge in [-0.1, -0.05) is 31.4 Å². The van der Waals surface area contributed by atoms with Gasteiger partial charge in [0.1, 0.15) is 6.54 Å². The van der Waals surface area contributed by atoms with E-state index in [0.717, 1.165) is 12.1 Å². The molecule has 5 nitrogen and oxygen atoms in total. The molecular formula is C19H25N3O2. The van der Waals surface area contributed by atoms with Crippen molar-refractivity contribution in [2.45, 2.75) is 45.6 Å². The number of para-hydroxylation sites is 1. The normalized spacial score (nSPS) is 15.6. The fourth-order valence-electron chi connectivity index (χ4n) is 3.58. The summed E-state index contributed by atoms with van der Waals surface area (Å²) < 4.78 is 1.42. The summed E-state index contributed by atoms with van der Waals surface area (Å²) in [6, 6.07) is 5.55. The predicted molar refractivity (Wildman–Crippen MR) is 95.0 cm³/mol. The zero-order valence-corrected chi connectivity index (χ0v) is 14.5. The molecule has 1 amide bonds. The summed E-state index contributed by atoms with van der Waals surface area (Å²) in [5, 5.41) is 0.570. The quantitative estimate of drug-likeness (QED) is 0.867. The van der Waals surface area contributed by atoms with Gasteiger partial charge in [-0.25, -0.2) is 4.98 Å². The molecule has 0 radical (unpaired) electrons. The van der Waals surface area contributed by atoms with Crippen LogP contribution in [0.3, 0.4) is 0 Å². The minimum absolute atomic E-state index is 0.0310. The number of hydrogen-bond donors (Lipinski definition) is 0. The minimum atomic E-state index is -0.150. The molecule has 5 heteroatoms. The Kier molecular flexibility index (Phi) is 4.97. The van der Waals surface area contributed by atoms with Crippen LogP contribution in [-0.2, 0) is 11.3 Å². The maximum atomic E-state index is 12.6. The Bertz CT molecular complexity index is 791. The third-order valence-corrected chi connectivity index (χ3v) is 5.04. The van der Waals surface area contributed by atoms with Gasteiger partial charge in [-0.2, -0.15) is 0 Å². The first-order valence-electron chi connectivity index (χ1n) is 8.75. The maximum Gasteiger partial charge on any atom is 0.261 e. The van der Waals surface area contributed by atoms with Crippen LogP contribution in [0.5, 0.6) is 0 Å². The molecule has 128 valence electrons. The van der Waals surface area contributed by atoms with Gasteiger partial charge < -0.3 is 4.90 Å². The molecular weight excluding hydrogens is 302 g/mol.